The number of amides is 2. The normalized spacial score (nSPS) is 15.0. The van der Waals surface area contributed by atoms with E-state index >= 15 is 0 Å². The van der Waals surface area contributed by atoms with Crippen LogP contribution < -0.4 is 5.32 Å². The van der Waals surface area contributed by atoms with E-state index < -0.39 is 11.8 Å². The quantitative estimate of drug-likeness (QED) is 0.621. The molecular weight excluding hydrogens is 347 g/mol. The molecule has 0 radical (unpaired) electrons. The zero-order chi connectivity index (χ0) is 13.1. The van der Waals surface area contributed by atoms with Crippen LogP contribution in [-0.2, 0) is 9.59 Å². The summed E-state index contributed by atoms with van der Waals surface area (Å²) in [6, 6.07) is 7.47. The van der Waals surface area contributed by atoms with E-state index in [2.05, 4.69) is 27.9 Å². The van der Waals surface area contributed by atoms with E-state index in [-0.39, 0.29) is 18.8 Å². The van der Waals surface area contributed by atoms with Gasteiger partial charge in [-0.05, 0) is 40.8 Å². The molecule has 1 heterocycles. The van der Waals surface area contributed by atoms with Gasteiger partial charge >= 0.3 is 0 Å². The number of hydrogen-bond acceptors (Lipinski definition) is 4. The zero-order valence-corrected chi connectivity index (χ0v) is 11.5. The number of anilines is 1. The van der Waals surface area contributed by atoms with Crippen molar-refractivity contribution in [3.63, 3.8) is 0 Å². The van der Waals surface area contributed by atoms with Crippen molar-refractivity contribution in [3.05, 3.63) is 39.6 Å². The van der Waals surface area contributed by atoms with E-state index in [1.54, 1.807) is 0 Å². The minimum absolute atomic E-state index is 0.0195. The smallest absolute Gasteiger partial charge is 0.277 e. The molecule has 0 spiro atoms. The highest BCUT2D eigenvalue weighted by atomic mass is 127. The molecule has 2 amide bonds. The Labute approximate surface area is 118 Å². The molecule has 2 rings (SSSR count). The van der Waals surface area contributed by atoms with E-state index in [0.29, 0.717) is 0 Å². The molecule has 1 aliphatic rings. The Bertz CT molecular complexity index is 528. The van der Waals surface area contributed by atoms with Crippen molar-refractivity contribution in [1.29, 1.82) is 0 Å². The number of nitrogens with one attached hydrogen (secondary N) is 1. The third kappa shape index (κ3) is 2.70. The fourth-order valence-corrected chi connectivity index (χ4v) is 2.17. The van der Waals surface area contributed by atoms with E-state index in [1.165, 1.54) is 6.08 Å². The minimum Gasteiger partial charge on any atom is -0.395 e. The molecule has 0 fully saturated rings. The number of β-amino-alcohol motifs (C(OH)–C–C–N with tert-alkyl or cyclic N) is 1. The van der Waals surface area contributed by atoms with Crippen LogP contribution in [0, 0.1) is 3.57 Å². The van der Waals surface area contributed by atoms with Crippen LogP contribution in [0.2, 0.25) is 0 Å². The first kappa shape index (κ1) is 13.0. The molecule has 0 aliphatic carbocycles. The number of imide groups is 1. The maximum Gasteiger partial charge on any atom is 0.277 e. The summed E-state index contributed by atoms with van der Waals surface area (Å²) in [5.41, 5.74) is 0.982. The van der Waals surface area contributed by atoms with Crippen LogP contribution in [0.1, 0.15) is 0 Å². The molecule has 0 saturated heterocycles. The van der Waals surface area contributed by atoms with Crippen LogP contribution in [0.3, 0.4) is 0 Å². The Morgan fingerprint density at radius 2 is 2.11 bits per heavy atom. The summed E-state index contributed by atoms with van der Waals surface area (Å²) in [5, 5.41) is 11.7. The van der Waals surface area contributed by atoms with Gasteiger partial charge in [0.25, 0.3) is 11.8 Å². The molecule has 0 bridgehead atoms. The summed E-state index contributed by atoms with van der Waals surface area (Å²) in [5.74, 6) is -0.810. The topological polar surface area (TPSA) is 69.6 Å². The monoisotopic (exact) mass is 358 g/mol. The standard InChI is InChI=1S/C12H11IN2O3/c13-8-2-1-3-9(6-8)14-10-7-11(17)15(4-5-16)12(10)18/h1-3,6-7,14,16H,4-5H2. The molecule has 1 aromatic carbocycles. The van der Waals surface area contributed by atoms with E-state index in [9.17, 15) is 9.59 Å². The van der Waals surface area contributed by atoms with Gasteiger partial charge in [0.05, 0.1) is 13.2 Å². The number of carbonyl (C=O) groups is 2. The molecule has 1 aliphatic heterocycles. The van der Waals surface area contributed by atoms with Gasteiger partial charge in [0.15, 0.2) is 0 Å². The van der Waals surface area contributed by atoms with Crippen molar-refractivity contribution in [2.45, 2.75) is 0 Å². The maximum atomic E-state index is 11.9. The third-order valence-electron chi connectivity index (χ3n) is 2.44. The van der Waals surface area contributed by atoms with E-state index in [1.807, 2.05) is 24.3 Å². The van der Waals surface area contributed by atoms with E-state index in [4.69, 9.17) is 5.11 Å². The number of carbonyl (C=O) groups excluding carboxylic acids is 2. The maximum absolute atomic E-state index is 11.9. The molecule has 1 aromatic rings. The number of halogens is 1. The van der Waals surface area contributed by atoms with Crippen molar-refractivity contribution < 1.29 is 14.7 Å². The van der Waals surface area contributed by atoms with Crippen LogP contribution in [0.15, 0.2) is 36.0 Å². The molecule has 2 N–H and O–H groups in total. The first-order chi connectivity index (χ1) is 8.61. The van der Waals surface area contributed by atoms with Crippen LogP contribution >= 0.6 is 22.6 Å². The lowest BCUT2D eigenvalue weighted by Crippen LogP contribution is -2.34. The fraction of sp³-hybridized carbons (Fsp3) is 0.167. The van der Waals surface area contributed by atoms with Crippen LogP contribution in [0.25, 0.3) is 0 Å². The lowest BCUT2D eigenvalue weighted by Gasteiger charge is -2.13. The van der Waals surface area contributed by atoms with Gasteiger partial charge < -0.3 is 10.4 Å². The Hall–Kier alpha value is -1.41. The van der Waals surface area contributed by atoms with Crippen molar-refractivity contribution in [3.8, 4) is 0 Å². The molecular formula is C12H11IN2O3. The first-order valence-corrected chi connectivity index (χ1v) is 6.40. The summed E-state index contributed by atoms with van der Waals surface area (Å²) in [6.45, 7) is -0.215. The largest absolute Gasteiger partial charge is 0.395 e. The molecule has 0 aromatic heterocycles. The Kier molecular flexibility index (Phi) is 3.97. The first-order valence-electron chi connectivity index (χ1n) is 5.33. The summed E-state index contributed by atoms with van der Waals surface area (Å²) in [7, 11) is 0. The number of hydrogen-bond donors (Lipinski definition) is 2. The zero-order valence-electron chi connectivity index (χ0n) is 9.39. The summed E-state index contributed by atoms with van der Waals surface area (Å²) in [6.07, 6.45) is 1.25. The van der Waals surface area contributed by atoms with Crippen molar-refractivity contribution in [2.24, 2.45) is 0 Å². The van der Waals surface area contributed by atoms with Gasteiger partial charge in [0.2, 0.25) is 0 Å². The molecule has 0 saturated carbocycles. The molecule has 94 valence electrons. The summed E-state index contributed by atoms with van der Waals surface area (Å²) >= 11 is 2.16. The van der Waals surface area contributed by atoms with E-state index in [0.717, 1.165) is 14.2 Å². The SMILES string of the molecule is O=C1C=C(Nc2cccc(I)c2)C(=O)N1CCO. The van der Waals surface area contributed by atoms with Gasteiger partial charge in [-0.25, -0.2) is 0 Å². The van der Waals surface area contributed by atoms with Gasteiger partial charge in [-0.3, -0.25) is 14.5 Å². The van der Waals surface area contributed by atoms with Crippen LogP contribution in [-0.4, -0.2) is 35.0 Å². The second-order valence-electron chi connectivity index (χ2n) is 3.71. The van der Waals surface area contributed by atoms with Gasteiger partial charge in [0.1, 0.15) is 5.70 Å². The van der Waals surface area contributed by atoms with Gasteiger partial charge in [-0.1, -0.05) is 6.07 Å². The highest BCUT2D eigenvalue weighted by Gasteiger charge is 2.30. The van der Waals surface area contributed by atoms with Crippen molar-refractivity contribution >= 4 is 40.1 Å². The number of rotatable bonds is 4. The highest BCUT2D eigenvalue weighted by Crippen LogP contribution is 2.18. The van der Waals surface area contributed by atoms with Crippen molar-refractivity contribution in [1.82, 2.24) is 4.90 Å². The van der Waals surface area contributed by atoms with Gasteiger partial charge in [0, 0.05) is 15.3 Å². The Morgan fingerprint density at radius 3 is 2.78 bits per heavy atom. The predicted octanol–water partition coefficient (Wildman–Crippen LogP) is 0.948. The molecule has 0 atom stereocenters. The summed E-state index contributed by atoms with van der Waals surface area (Å²) in [4.78, 5) is 24.4. The lowest BCUT2D eigenvalue weighted by molar-refractivity contribution is -0.137. The van der Waals surface area contributed by atoms with Gasteiger partial charge in [-0.15, -0.1) is 0 Å². The average molecular weight is 358 g/mol. The highest BCUT2D eigenvalue weighted by molar-refractivity contribution is 14.1. The molecule has 6 heteroatoms. The number of benzene rings is 1. The summed E-state index contributed by atoms with van der Waals surface area (Å²) < 4.78 is 1.03. The van der Waals surface area contributed by atoms with Gasteiger partial charge in [-0.2, -0.15) is 0 Å². The Morgan fingerprint density at radius 1 is 1.33 bits per heavy atom. The molecule has 5 nitrogen and oxygen atoms in total. The molecule has 18 heavy (non-hydrogen) atoms. The Balaban J connectivity index is 2.14. The van der Waals surface area contributed by atoms with Crippen LogP contribution in [0.4, 0.5) is 5.69 Å². The van der Waals surface area contributed by atoms with Crippen molar-refractivity contribution in [2.75, 3.05) is 18.5 Å². The predicted molar refractivity (Wildman–Crippen MR) is 74.7 cm³/mol. The third-order valence-corrected chi connectivity index (χ3v) is 3.11. The second kappa shape index (κ2) is 5.49. The van der Waals surface area contributed by atoms with Crippen LogP contribution in [0.5, 0.6) is 0 Å². The second-order valence-corrected chi connectivity index (χ2v) is 4.96. The molecule has 0 unspecified atom stereocenters. The minimum atomic E-state index is -0.409. The lowest BCUT2D eigenvalue weighted by atomic mass is 10.3. The number of aliphatic hydroxyl groups excluding tert-OH is 1. The fourth-order valence-electron chi connectivity index (χ4n) is 1.63. The average Bonchev–Trinajstić information content (AvgIpc) is 2.57. The number of nitrogens with zero attached hydrogens (tertiary/aromatic N) is 1. The number of aliphatic hydroxyl groups is 1.